The van der Waals surface area contributed by atoms with Crippen molar-refractivity contribution in [2.24, 2.45) is 5.92 Å². The molecule has 33 heavy (non-hydrogen) atoms. The molecular weight excluding hydrogens is 434 g/mol. The second kappa shape index (κ2) is 10.3. The molecule has 174 valence electrons. The van der Waals surface area contributed by atoms with Gasteiger partial charge in [0.1, 0.15) is 12.2 Å². The van der Waals surface area contributed by atoms with Crippen LogP contribution in [0.2, 0.25) is 0 Å². The van der Waals surface area contributed by atoms with E-state index >= 15 is 0 Å². The smallest absolute Gasteiger partial charge is 0.273 e. The van der Waals surface area contributed by atoms with Crippen molar-refractivity contribution in [3.8, 4) is 0 Å². The molecule has 1 aromatic carbocycles. The molecule has 3 aromatic rings. The van der Waals surface area contributed by atoms with E-state index in [-0.39, 0.29) is 24.4 Å². The van der Waals surface area contributed by atoms with E-state index in [1.165, 1.54) is 22.5 Å². The summed E-state index contributed by atoms with van der Waals surface area (Å²) in [6, 6.07) is 10.3. The lowest BCUT2D eigenvalue weighted by Gasteiger charge is -2.40. The van der Waals surface area contributed by atoms with E-state index in [1.807, 2.05) is 47.5 Å². The van der Waals surface area contributed by atoms with Gasteiger partial charge in [0.15, 0.2) is 0 Å². The summed E-state index contributed by atoms with van der Waals surface area (Å²) in [4.78, 5) is 34.1. The Morgan fingerprint density at radius 2 is 1.94 bits per heavy atom. The lowest BCUT2D eigenvalue weighted by molar-refractivity contribution is -0.134. The predicted molar refractivity (Wildman–Crippen MR) is 129 cm³/mol. The summed E-state index contributed by atoms with van der Waals surface area (Å²) in [5.74, 6) is 0.377. The number of nitrogens with zero attached hydrogens (tertiary/aromatic N) is 5. The molecule has 0 spiro atoms. The summed E-state index contributed by atoms with van der Waals surface area (Å²) >= 11 is 1.50. The molecule has 8 heteroatoms. The SMILES string of the molecule is Cc1nc(C(=O)N2CCC([C@H](Cc3ccccc3C)N(C)C(=O)Cn3cccn3)CC2)cs1. The molecule has 3 heterocycles. The Hall–Kier alpha value is -3.00. The summed E-state index contributed by atoms with van der Waals surface area (Å²) in [6.45, 7) is 5.64. The molecule has 0 saturated carbocycles. The highest BCUT2D eigenvalue weighted by Gasteiger charge is 2.33. The fourth-order valence-corrected chi connectivity index (χ4v) is 5.21. The number of piperidine rings is 1. The average Bonchev–Trinajstić information content (AvgIpc) is 3.49. The first kappa shape index (κ1) is 23.2. The fraction of sp³-hybridized carbons (Fsp3) is 0.440. The van der Waals surface area contributed by atoms with Crippen molar-refractivity contribution in [1.82, 2.24) is 24.6 Å². The minimum absolute atomic E-state index is 0.0105. The van der Waals surface area contributed by atoms with Crippen LogP contribution in [0.15, 0.2) is 48.1 Å². The van der Waals surface area contributed by atoms with Crippen molar-refractivity contribution in [2.75, 3.05) is 20.1 Å². The lowest BCUT2D eigenvalue weighted by atomic mass is 9.84. The highest BCUT2D eigenvalue weighted by atomic mass is 32.1. The predicted octanol–water partition coefficient (Wildman–Crippen LogP) is 3.58. The van der Waals surface area contributed by atoms with Crippen LogP contribution >= 0.6 is 11.3 Å². The third-order valence-corrected chi connectivity index (χ3v) is 7.42. The number of amides is 2. The zero-order chi connectivity index (χ0) is 23.4. The lowest BCUT2D eigenvalue weighted by Crippen LogP contribution is -2.49. The summed E-state index contributed by atoms with van der Waals surface area (Å²) in [5.41, 5.74) is 3.04. The average molecular weight is 466 g/mol. The Morgan fingerprint density at radius 3 is 2.58 bits per heavy atom. The molecular formula is C25H31N5O2S. The number of likely N-dealkylation sites (N-methyl/N-ethyl adjacent to an activating group) is 1. The minimum Gasteiger partial charge on any atom is -0.341 e. The Bertz CT molecular complexity index is 1090. The molecule has 1 fully saturated rings. The number of carbonyl (C=O) groups is 2. The first-order valence-corrected chi connectivity index (χ1v) is 12.3. The van der Waals surface area contributed by atoms with Crippen LogP contribution in [0.3, 0.4) is 0 Å². The van der Waals surface area contributed by atoms with Gasteiger partial charge in [0, 0.05) is 44.0 Å². The summed E-state index contributed by atoms with van der Waals surface area (Å²) in [7, 11) is 1.91. The number of aromatic nitrogens is 3. The second-order valence-corrected chi connectivity index (χ2v) is 9.85. The second-order valence-electron chi connectivity index (χ2n) is 8.79. The molecule has 1 aliphatic rings. The molecule has 0 unspecified atom stereocenters. The van der Waals surface area contributed by atoms with Gasteiger partial charge in [-0.1, -0.05) is 24.3 Å². The largest absolute Gasteiger partial charge is 0.341 e. The topological polar surface area (TPSA) is 71.3 Å². The van der Waals surface area contributed by atoms with Crippen LogP contribution in [0.1, 0.15) is 39.5 Å². The molecule has 0 aliphatic carbocycles. The third-order valence-electron chi connectivity index (χ3n) is 6.65. The molecule has 0 N–H and O–H groups in total. The zero-order valence-electron chi connectivity index (χ0n) is 19.5. The van der Waals surface area contributed by atoms with E-state index in [4.69, 9.17) is 0 Å². The van der Waals surface area contributed by atoms with Crippen molar-refractivity contribution in [3.63, 3.8) is 0 Å². The van der Waals surface area contributed by atoms with Gasteiger partial charge in [-0.05, 0) is 56.2 Å². The van der Waals surface area contributed by atoms with Crippen LogP contribution in [-0.4, -0.2) is 62.6 Å². The van der Waals surface area contributed by atoms with E-state index in [2.05, 4.69) is 35.2 Å². The fourth-order valence-electron chi connectivity index (χ4n) is 4.62. The van der Waals surface area contributed by atoms with E-state index < -0.39 is 0 Å². The first-order chi connectivity index (χ1) is 15.9. The molecule has 2 aromatic heterocycles. The van der Waals surface area contributed by atoms with Gasteiger partial charge in [0.05, 0.1) is 5.01 Å². The first-order valence-electron chi connectivity index (χ1n) is 11.4. The van der Waals surface area contributed by atoms with Crippen molar-refractivity contribution in [3.05, 3.63) is 69.9 Å². The number of carbonyl (C=O) groups excluding carboxylic acids is 2. The normalized spacial score (nSPS) is 15.4. The molecule has 4 rings (SSSR count). The van der Waals surface area contributed by atoms with Gasteiger partial charge >= 0.3 is 0 Å². The third kappa shape index (κ3) is 5.50. The van der Waals surface area contributed by atoms with Gasteiger partial charge in [-0.25, -0.2) is 4.98 Å². The van der Waals surface area contributed by atoms with Crippen LogP contribution < -0.4 is 0 Å². The van der Waals surface area contributed by atoms with Crippen LogP contribution in [0, 0.1) is 19.8 Å². The number of thiazole rings is 1. The summed E-state index contributed by atoms with van der Waals surface area (Å²) < 4.78 is 1.67. The quantitative estimate of drug-likeness (QED) is 0.535. The number of hydrogen-bond donors (Lipinski definition) is 0. The van der Waals surface area contributed by atoms with E-state index in [1.54, 1.807) is 10.9 Å². The summed E-state index contributed by atoms with van der Waals surface area (Å²) in [6.07, 6.45) is 6.04. The van der Waals surface area contributed by atoms with E-state index in [9.17, 15) is 9.59 Å². The highest BCUT2D eigenvalue weighted by molar-refractivity contribution is 7.09. The summed E-state index contributed by atoms with van der Waals surface area (Å²) in [5, 5.41) is 6.93. The van der Waals surface area contributed by atoms with Crippen LogP contribution in [0.4, 0.5) is 0 Å². The van der Waals surface area contributed by atoms with Gasteiger partial charge in [0.25, 0.3) is 5.91 Å². The van der Waals surface area contributed by atoms with Crippen LogP contribution in [-0.2, 0) is 17.8 Å². The monoisotopic (exact) mass is 465 g/mol. The standard InChI is InChI=1S/C25H31N5O2S/c1-18-7-4-5-8-21(18)15-23(28(3)24(31)16-30-12-6-11-26-30)20-9-13-29(14-10-20)25(32)22-17-33-19(2)27-22/h4-8,11-12,17,20,23H,9-10,13-16H2,1-3H3/t23-/m0/s1. The highest BCUT2D eigenvalue weighted by Crippen LogP contribution is 2.28. The molecule has 0 bridgehead atoms. The maximum atomic E-state index is 13.1. The molecule has 0 radical (unpaired) electrons. The van der Waals surface area contributed by atoms with Crippen LogP contribution in [0.25, 0.3) is 0 Å². The molecule has 1 atom stereocenters. The Kier molecular flexibility index (Phi) is 7.23. The van der Waals surface area contributed by atoms with Crippen molar-refractivity contribution in [2.45, 2.75) is 45.7 Å². The molecule has 1 aliphatic heterocycles. The minimum atomic E-state index is 0.0105. The number of aryl methyl sites for hydroxylation is 2. The maximum absolute atomic E-state index is 13.1. The Labute approximate surface area is 199 Å². The van der Waals surface area contributed by atoms with E-state index in [0.717, 1.165) is 24.3 Å². The molecule has 2 amide bonds. The Balaban J connectivity index is 1.47. The van der Waals surface area contributed by atoms with Crippen molar-refractivity contribution >= 4 is 23.2 Å². The molecule has 7 nitrogen and oxygen atoms in total. The maximum Gasteiger partial charge on any atom is 0.273 e. The van der Waals surface area contributed by atoms with Gasteiger partial charge in [-0.2, -0.15) is 5.10 Å². The number of likely N-dealkylation sites (tertiary alicyclic amines) is 1. The van der Waals surface area contributed by atoms with Gasteiger partial charge in [-0.15, -0.1) is 11.3 Å². The molecule has 1 saturated heterocycles. The van der Waals surface area contributed by atoms with Gasteiger partial charge in [0.2, 0.25) is 5.91 Å². The van der Waals surface area contributed by atoms with Gasteiger partial charge < -0.3 is 9.80 Å². The van der Waals surface area contributed by atoms with Crippen molar-refractivity contribution < 1.29 is 9.59 Å². The Morgan fingerprint density at radius 1 is 1.18 bits per heavy atom. The zero-order valence-corrected chi connectivity index (χ0v) is 20.3. The number of benzene rings is 1. The van der Waals surface area contributed by atoms with Crippen LogP contribution in [0.5, 0.6) is 0 Å². The van der Waals surface area contributed by atoms with E-state index in [0.29, 0.717) is 24.7 Å². The number of hydrogen-bond acceptors (Lipinski definition) is 5. The number of rotatable bonds is 7. The van der Waals surface area contributed by atoms with Crippen molar-refractivity contribution in [1.29, 1.82) is 0 Å². The van der Waals surface area contributed by atoms with Gasteiger partial charge in [-0.3, -0.25) is 14.3 Å².